The largest absolute Gasteiger partial charge is 0.495 e. The lowest BCUT2D eigenvalue weighted by molar-refractivity contribution is -0.122. The van der Waals surface area contributed by atoms with Gasteiger partial charge in [-0.25, -0.2) is 4.79 Å². The Morgan fingerprint density at radius 1 is 1.06 bits per heavy atom. The molecule has 172 valence electrons. The average molecular weight is 471 g/mol. The number of carbonyl (C=O) groups excluding carboxylic acids is 4. The molecule has 1 saturated heterocycles. The number of methoxy groups -OCH3 is 1. The van der Waals surface area contributed by atoms with E-state index in [1.807, 2.05) is 0 Å². The van der Waals surface area contributed by atoms with Crippen molar-refractivity contribution >= 4 is 46.7 Å². The van der Waals surface area contributed by atoms with E-state index < -0.39 is 18.5 Å². The highest BCUT2D eigenvalue weighted by Gasteiger charge is 2.48. The molecule has 2 atom stereocenters. The lowest BCUT2D eigenvalue weighted by Gasteiger charge is -2.19. The number of nitrogens with zero attached hydrogens (tertiary/aromatic N) is 1. The molecule has 3 amide bonds. The normalized spacial score (nSPS) is 19.8. The van der Waals surface area contributed by atoms with Gasteiger partial charge in [0.15, 0.2) is 6.61 Å². The Hall–Kier alpha value is -3.39. The first kappa shape index (κ1) is 22.8. The van der Waals surface area contributed by atoms with E-state index in [2.05, 4.69) is 5.32 Å². The van der Waals surface area contributed by atoms with Crippen molar-refractivity contribution < 1.29 is 28.7 Å². The van der Waals surface area contributed by atoms with Crippen LogP contribution in [0.3, 0.4) is 0 Å². The Labute approximate surface area is 195 Å². The molecule has 0 spiro atoms. The molecule has 0 unspecified atom stereocenters. The van der Waals surface area contributed by atoms with Crippen LogP contribution in [0.4, 0.5) is 11.4 Å². The molecule has 9 heteroatoms. The summed E-state index contributed by atoms with van der Waals surface area (Å²) in [4.78, 5) is 51.6. The number of ether oxygens (including phenoxy) is 2. The molecule has 4 rings (SSSR count). The topological polar surface area (TPSA) is 102 Å². The van der Waals surface area contributed by atoms with Gasteiger partial charge >= 0.3 is 5.97 Å². The number of amides is 3. The summed E-state index contributed by atoms with van der Waals surface area (Å²) in [6, 6.07) is 10.9. The van der Waals surface area contributed by atoms with Gasteiger partial charge in [-0.15, -0.1) is 0 Å². The molecule has 1 aliphatic carbocycles. The molecule has 0 radical (unpaired) electrons. The highest BCUT2D eigenvalue weighted by molar-refractivity contribution is 6.31. The van der Waals surface area contributed by atoms with Crippen LogP contribution in [0.2, 0.25) is 5.02 Å². The Morgan fingerprint density at radius 2 is 1.76 bits per heavy atom. The summed E-state index contributed by atoms with van der Waals surface area (Å²) < 4.78 is 10.3. The maximum atomic E-state index is 12.8. The fourth-order valence-corrected chi connectivity index (χ4v) is 4.54. The fourth-order valence-electron chi connectivity index (χ4n) is 4.37. The molecule has 2 fully saturated rings. The second-order valence-corrected chi connectivity index (χ2v) is 8.47. The number of anilines is 2. The Bertz CT molecular complexity index is 1090. The van der Waals surface area contributed by atoms with E-state index in [9.17, 15) is 19.2 Å². The van der Waals surface area contributed by atoms with Gasteiger partial charge in [0.1, 0.15) is 5.75 Å². The number of rotatable bonds is 6. The zero-order valence-corrected chi connectivity index (χ0v) is 18.8. The Morgan fingerprint density at radius 3 is 2.42 bits per heavy atom. The predicted octanol–water partition coefficient (Wildman–Crippen LogP) is 3.82. The summed E-state index contributed by atoms with van der Waals surface area (Å²) in [5.74, 6) is -1.92. The second-order valence-electron chi connectivity index (χ2n) is 8.03. The van der Waals surface area contributed by atoms with Gasteiger partial charge in [-0.2, -0.15) is 0 Å². The van der Waals surface area contributed by atoms with Crippen LogP contribution in [-0.4, -0.2) is 37.4 Å². The highest BCUT2D eigenvalue weighted by atomic mass is 35.5. The zero-order valence-electron chi connectivity index (χ0n) is 18.0. The third-order valence-corrected chi connectivity index (χ3v) is 6.19. The molecule has 33 heavy (non-hydrogen) atoms. The number of halogens is 1. The van der Waals surface area contributed by atoms with Gasteiger partial charge < -0.3 is 14.8 Å². The standard InChI is InChI=1S/C24H23ClN2O6/c1-32-20-10-9-15(25)12-19(20)26-21(28)13-33-24(31)14-5-4-6-16(11-14)27-22(29)17-7-2-3-8-18(17)23(27)30/h4-6,9-12,17-18H,2-3,7-8,13H2,1H3,(H,26,28)/t17-,18+. The number of imide groups is 1. The fraction of sp³-hybridized carbons (Fsp3) is 0.333. The third kappa shape index (κ3) is 4.71. The van der Waals surface area contributed by atoms with Crippen LogP contribution in [0, 0.1) is 11.8 Å². The smallest absolute Gasteiger partial charge is 0.338 e. The van der Waals surface area contributed by atoms with Crippen LogP contribution in [0.25, 0.3) is 0 Å². The van der Waals surface area contributed by atoms with Gasteiger partial charge in [-0.3, -0.25) is 19.3 Å². The maximum absolute atomic E-state index is 12.8. The molecule has 1 saturated carbocycles. The van der Waals surface area contributed by atoms with Crippen LogP contribution in [0.5, 0.6) is 5.75 Å². The van der Waals surface area contributed by atoms with E-state index >= 15 is 0 Å². The van der Waals surface area contributed by atoms with Gasteiger partial charge in [0.2, 0.25) is 11.8 Å². The molecule has 1 heterocycles. The minimum absolute atomic E-state index is 0.135. The third-order valence-electron chi connectivity index (χ3n) is 5.95. The summed E-state index contributed by atoms with van der Waals surface area (Å²) in [6.45, 7) is -0.537. The van der Waals surface area contributed by atoms with Crippen LogP contribution in [0.1, 0.15) is 36.0 Å². The molecular formula is C24H23ClN2O6. The summed E-state index contributed by atoms with van der Waals surface area (Å²) in [6.07, 6.45) is 3.28. The molecule has 2 aromatic carbocycles. The number of esters is 1. The van der Waals surface area contributed by atoms with Crippen molar-refractivity contribution in [2.45, 2.75) is 25.7 Å². The van der Waals surface area contributed by atoms with Crippen molar-refractivity contribution in [2.24, 2.45) is 11.8 Å². The van der Waals surface area contributed by atoms with E-state index in [1.165, 1.54) is 30.2 Å². The molecule has 0 aromatic heterocycles. The molecule has 2 aromatic rings. The number of carbonyl (C=O) groups is 4. The van der Waals surface area contributed by atoms with Crippen molar-refractivity contribution in [2.75, 3.05) is 23.9 Å². The van der Waals surface area contributed by atoms with Crippen LogP contribution in [0.15, 0.2) is 42.5 Å². The van der Waals surface area contributed by atoms with Gasteiger partial charge in [-0.05, 0) is 49.2 Å². The van der Waals surface area contributed by atoms with E-state index in [1.54, 1.807) is 24.3 Å². The van der Waals surface area contributed by atoms with Crippen LogP contribution >= 0.6 is 11.6 Å². The van der Waals surface area contributed by atoms with Gasteiger partial charge in [0.25, 0.3) is 5.91 Å². The molecule has 8 nitrogen and oxygen atoms in total. The second kappa shape index (κ2) is 9.62. The zero-order chi connectivity index (χ0) is 23.5. The molecule has 1 N–H and O–H groups in total. The molecule has 2 aliphatic rings. The van der Waals surface area contributed by atoms with Crippen molar-refractivity contribution in [3.63, 3.8) is 0 Å². The summed E-state index contributed by atoms with van der Waals surface area (Å²) >= 11 is 5.95. The SMILES string of the molecule is COc1ccc(Cl)cc1NC(=O)COC(=O)c1cccc(N2C(=O)[C@H]3CCCC[C@H]3C2=O)c1. The average Bonchev–Trinajstić information content (AvgIpc) is 3.08. The van der Waals surface area contributed by atoms with Crippen molar-refractivity contribution in [3.8, 4) is 5.75 Å². The van der Waals surface area contributed by atoms with E-state index in [0.29, 0.717) is 35.0 Å². The number of hydrogen-bond acceptors (Lipinski definition) is 6. The van der Waals surface area contributed by atoms with Crippen molar-refractivity contribution in [1.29, 1.82) is 0 Å². The highest BCUT2D eigenvalue weighted by Crippen LogP contribution is 2.40. The van der Waals surface area contributed by atoms with E-state index in [0.717, 1.165) is 12.8 Å². The number of fused-ring (bicyclic) bond motifs is 1. The van der Waals surface area contributed by atoms with Gasteiger partial charge in [0, 0.05) is 5.02 Å². The predicted molar refractivity (Wildman–Crippen MR) is 121 cm³/mol. The quantitative estimate of drug-likeness (QED) is 0.508. The van der Waals surface area contributed by atoms with E-state index in [4.69, 9.17) is 21.1 Å². The monoisotopic (exact) mass is 470 g/mol. The van der Waals surface area contributed by atoms with Crippen LogP contribution in [-0.2, 0) is 19.1 Å². The van der Waals surface area contributed by atoms with Gasteiger partial charge in [0.05, 0.1) is 35.9 Å². The van der Waals surface area contributed by atoms with Gasteiger partial charge in [-0.1, -0.05) is 30.5 Å². The first-order chi connectivity index (χ1) is 15.9. The summed E-state index contributed by atoms with van der Waals surface area (Å²) in [5.41, 5.74) is 0.818. The maximum Gasteiger partial charge on any atom is 0.338 e. The molecule has 1 aliphatic heterocycles. The molecular weight excluding hydrogens is 448 g/mol. The Kier molecular flexibility index (Phi) is 6.65. The Balaban J connectivity index is 1.41. The minimum Gasteiger partial charge on any atom is -0.495 e. The number of nitrogens with one attached hydrogen (secondary N) is 1. The van der Waals surface area contributed by atoms with E-state index in [-0.39, 0.29) is 29.2 Å². The number of hydrogen-bond donors (Lipinski definition) is 1. The summed E-state index contributed by atoms with van der Waals surface area (Å²) in [5, 5.41) is 2.99. The number of benzene rings is 2. The van der Waals surface area contributed by atoms with Crippen molar-refractivity contribution in [3.05, 3.63) is 53.1 Å². The molecule has 0 bridgehead atoms. The first-order valence-electron chi connectivity index (χ1n) is 10.7. The summed E-state index contributed by atoms with van der Waals surface area (Å²) in [7, 11) is 1.46. The van der Waals surface area contributed by atoms with Crippen molar-refractivity contribution in [1.82, 2.24) is 0 Å². The lowest BCUT2D eigenvalue weighted by atomic mass is 9.81. The minimum atomic E-state index is -0.749. The van der Waals surface area contributed by atoms with Crippen LogP contribution < -0.4 is 15.0 Å². The first-order valence-corrected chi connectivity index (χ1v) is 11.0. The lowest BCUT2D eigenvalue weighted by Crippen LogP contribution is -2.31.